The fourth-order valence-electron chi connectivity index (χ4n) is 2.03. The van der Waals surface area contributed by atoms with Gasteiger partial charge < -0.3 is 19.9 Å². The van der Waals surface area contributed by atoms with Gasteiger partial charge in [-0.25, -0.2) is 0 Å². The van der Waals surface area contributed by atoms with Crippen LogP contribution in [0.5, 0.6) is 11.5 Å². The third-order valence-electron chi connectivity index (χ3n) is 3.53. The lowest BCUT2D eigenvalue weighted by atomic mass is 10.1. The van der Waals surface area contributed by atoms with Crippen molar-refractivity contribution in [3.05, 3.63) is 53.6 Å². The monoisotopic (exact) mass is 301 g/mol. The SMILES string of the molecule is COc1cccc(OCC(O)CNc2ccc(C)c(C)c2)c1. The molecule has 4 heteroatoms. The number of anilines is 1. The lowest BCUT2D eigenvalue weighted by Gasteiger charge is -2.15. The van der Waals surface area contributed by atoms with Gasteiger partial charge in [0, 0.05) is 18.3 Å². The van der Waals surface area contributed by atoms with Gasteiger partial charge in [0.05, 0.1) is 7.11 Å². The van der Waals surface area contributed by atoms with Crippen molar-refractivity contribution in [3.63, 3.8) is 0 Å². The maximum Gasteiger partial charge on any atom is 0.123 e. The van der Waals surface area contributed by atoms with Crippen LogP contribution in [-0.4, -0.2) is 31.5 Å². The van der Waals surface area contributed by atoms with Crippen molar-refractivity contribution in [2.75, 3.05) is 25.6 Å². The molecule has 0 aliphatic rings. The van der Waals surface area contributed by atoms with Crippen molar-refractivity contribution in [2.24, 2.45) is 0 Å². The van der Waals surface area contributed by atoms with Gasteiger partial charge in [-0.15, -0.1) is 0 Å². The molecule has 0 aliphatic heterocycles. The summed E-state index contributed by atoms with van der Waals surface area (Å²) >= 11 is 0. The normalized spacial score (nSPS) is 11.8. The van der Waals surface area contributed by atoms with Crippen LogP contribution in [-0.2, 0) is 0 Å². The van der Waals surface area contributed by atoms with Gasteiger partial charge in [0.1, 0.15) is 24.2 Å². The van der Waals surface area contributed by atoms with Gasteiger partial charge in [0.15, 0.2) is 0 Å². The van der Waals surface area contributed by atoms with E-state index in [1.54, 1.807) is 13.2 Å². The maximum atomic E-state index is 10.0. The van der Waals surface area contributed by atoms with Gasteiger partial charge in [0.25, 0.3) is 0 Å². The van der Waals surface area contributed by atoms with Crippen LogP contribution in [0.1, 0.15) is 11.1 Å². The molecule has 0 radical (unpaired) electrons. The zero-order valence-corrected chi connectivity index (χ0v) is 13.3. The van der Waals surface area contributed by atoms with Crippen LogP contribution in [0.4, 0.5) is 5.69 Å². The Morgan fingerprint density at radius 1 is 1.05 bits per heavy atom. The third-order valence-corrected chi connectivity index (χ3v) is 3.53. The number of hydrogen-bond acceptors (Lipinski definition) is 4. The average molecular weight is 301 g/mol. The second kappa shape index (κ2) is 7.71. The molecule has 1 atom stereocenters. The van der Waals surface area contributed by atoms with Crippen molar-refractivity contribution in [1.82, 2.24) is 0 Å². The molecule has 0 heterocycles. The van der Waals surface area contributed by atoms with E-state index in [0.717, 1.165) is 11.4 Å². The van der Waals surface area contributed by atoms with E-state index in [1.807, 2.05) is 24.3 Å². The standard InChI is InChI=1S/C18H23NO3/c1-13-7-8-15(9-14(13)2)19-11-16(20)12-22-18-6-4-5-17(10-18)21-3/h4-10,16,19-20H,11-12H2,1-3H3. The Morgan fingerprint density at radius 3 is 2.55 bits per heavy atom. The first-order valence-electron chi connectivity index (χ1n) is 7.34. The highest BCUT2D eigenvalue weighted by molar-refractivity contribution is 5.48. The summed E-state index contributed by atoms with van der Waals surface area (Å²) in [5, 5.41) is 13.2. The molecule has 0 fully saturated rings. The van der Waals surface area contributed by atoms with Gasteiger partial charge in [0.2, 0.25) is 0 Å². The van der Waals surface area contributed by atoms with E-state index < -0.39 is 6.10 Å². The van der Waals surface area contributed by atoms with E-state index in [9.17, 15) is 5.11 Å². The second-order valence-corrected chi connectivity index (χ2v) is 5.32. The maximum absolute atomic E-state index is 10.0. The summed E-state index contributed by atoms with van der Waals surface area (Å²) in [6.45, 7) is 4.82. The number of benzene rings is 2. The molecule has 0 bridgehead atoms. The Kier molecular flexibility index (Phi) is 5.67. The highest BCUT2D eigenvalue weighted by Gasteiger charge is 2.06. The Bertz CT molecular complexity index is 613. The molecule has 0 aliphatic carbocycles. The predicted octanol–water partition coefficient (Wildman–Crippen LogP) is 3.16. The van der Waals surface area contributed by atoms with Crippen molar-refractivity contribution >= 4 is 5.69 Å². The van der Waals surface area contributed by atoms with Gasteiger partial charge in [-0.3, -0.25) is 0 Å². The van der Waals surface area contributed by atoms with Gasteiger partial charge in [-0.2, -0.15) is 0 Å². The summed E-state index contributed by atoms with van der Waals surface area (Å²) in [5.74, 6) is 1.42. The summed E-state index contributed by atoms with van der Waals surface area (Å²) < 4.78 is 10.7. The number of nitrogens with one attached hydrogen (secondary N) is 1. The minimum Gasteiger partial charge on any atom is -0.497 e. The summed E-state index contributed by atoms with van der Waals surface area (Å²) in [6.07, 6.45) is -0.590. The molecule has 0 spiro atoms. The average Bonchev–Trinajstić information content (AvgIpc) is 2.54. The quantitative estimate of drug-likeness (QED) is 0.825. The van der Waals surface area contributed by atoms with Crippen LogP contribution in [0.15, 0.2) is 42.5 Å². The largest absolute Gasteiger partial charge is 0.497 e. The third kappa shape index (κ3) is 4.67. The van der Waals surface area contributed by atoms with Gasteiger partial charge in [-0.1, -0.05) is 12.1 Å². The van der Waals surface area contributed by atoms with Crippen molar-refractivity contribution in [3.8, 4) is 11.5 Å². The molecular weight excluding hydrogens is 278 g/mol. The molecule has 4 nitrogen and oxygen atoms in total. The number of aliphatic hydroxyl groups excluding tert-OH is 1. The van der Waals surface area contributed by atoms with Crippen molar-refractivity contribution in [1.29, 1.82) is 0 Å². The van der Waals surface area contributed by atoms with Crippen LogP contribution >= 0.6 is 0 Å². The number of ether oxygens (including phenoxy) is 2. The highest BCUT2D eigenvalue weighted by Crippen LogP contribution is 2.19. The summed E-state index contributed by atoms with van der Waals surface area (Å²) in [6, 6.07) is 13.5. The van der Waals surface area contributed by atoms with Crippen LogP contribution in [0.25, 0.3) is 0 Å². The number of rotatable bonds is 7. The number of methoxy groups -OCH3 is 1. The second-order valence-electron chi connectivity index (χ2n) is 5.32. The highest BCUT2D eigenvalue weighted by atomic mass is 16.5. The lowest BCUT2D eigenvalue weighted by Crippen LogP contribution is -2.26. The first-order chi connectivity index (χ1) is 10.6. The summed E-state index contributed by atoms with van der Waals surface area (Å²) in [7, 11) is 1.61. The molecule has 2 rings (SSSR count). The number of hydrogen-bond donors (Lipinski definition) is 2. The molecule has 0 amide bonds. The Hall–Kier alpha value is -2.20. The van der Waals surface area contributed by atoms with E-state index in [-0.39, 0.29) is 6.61 Å². The van der Waals surface area contributed by atoms with Gasteiger partial charge >= 0.3 is 0 Å². The first-order valence-corrected chi connectivity index (χ1v) is 7.34. The van der Waals surface area contributed by atoms with E-state index >= 15 is 0 Å². The minimum absolute atomic E-state index is 0.227. The van der Waals surface area contributed by atoms with Crippen LogP contribution in [0.2, 0.25) is 0 Å². The fraction of sp³-hybridized carbons (Fsp3) is 0.333. The summed E-state index contributed by atoms with van der Waals surface area (Å²) in [4.78, 5) is 0. The van der Waals surface area contributed by atoms with Crippen LogP contribution < -0.4 is 14.8 Å². The Balaban J connectivity index is 1.80. The summed E-state index contributed by atoms with van der Waals surface area (Å²) in [5.41, 5.74) is 3.49. The minimum atomic E-state index is -0.590. The van der Waals surface area contributed by atoms with E-state index in [0.29, 0.717) is 12.3 Å². The number of aliphatic hydroxyl groups is 1. The van der Waals surface area contributed by atoms with E-state index in [4.69, 9.17) is 9.47 Å². The Labute approximate surface area is 131 Å². The molecule has 2 aromatic carbocycles. The van der Waals surface area contributed by atoms with Crippen LogP contribution in [0, 0.1) is 13.8 Å². The zero-order valence-electron chi connectivity index (χ0n) is 13.3. The molecule has 22 heavy (non-hydrogen) atoms. The molecule has 118 valence electrons. The molecule has 0 saturated carbocycles. The topological polar surface area (TPSA) is 50.7 Å². The molecular formula is C18H23NO3. The zero-order chi connectivity index (χ0) is 15.9. The fourth-order valence-corrected chi connectivity index (χ4v) is 2.03. The molecule has 2 aromatic rings. The van der Waals surface area contributed by atoms with Crippen molar-refractivity contribution in [2.45, 2.75) is 20.0 Å². The predicted molar refractivity (Wildman–Crippen MR) is 88.9 cm³/mol. The first kappa shape index (κ1) is 16.2. The van der Waals surface area contributed by atoms with E-state index in [2.05, 4.69) is 31.3 Å². The molecule has 0 saturated heterocycles. The van der Waals surface area contributed by atoms with Crippen LogP contribution in [0.3, 0.4) is 0 Å². The van der Waals surface area contributed by atoms with Gasteiger partial charge in [-0.05, 0) is 49.2 Å². The van der Waals surface area contributed by atoms with E-state index in [1.165, 1.54) is 11.1 Å². The molecule has 2 N–H and O–H groups in total. The molecule has 0 aromatic heterocycles. The van der Waals surface area contributed by atoms with Crippen molar-refractivity contribution < 1.29 is 14.6 Å². The lowest BCUT2D eigenvalue weighted by molar-refractivity contribution is 0.117. The number of aryl methyl sites for hydroxylation is 2. The molecule has 1 unspecified atom stereocenters. The smallest absolute Gasteiger partial charge is 0.123 e. The Morgan fingerprint density at radius 2 is 1.82 bits per heavy atom.